The SMILES string of the molecule is CCc1nc2n(n1)CC(Nc1nc(C)nc3c1CCCC3)CC2. The lowest BCUT2D eigenvalue weighted by Gasteiger charge is -2.26. The molecule has 0 saturated heterocycles. The Hall–Kier alpha value is -1.98. The maximum absolute atomic E-state index is 4.69. The Kier molecular flexibility index (Phi) is 3.75. The van der Waals surface area contributed by atoms with Gasteiger partial charge in [-0.05, 0) is 39.0 Å². The summed E-state index contributed by atoms with van der Waals surface area (Å²) in [5.74, 6) is 4.01. The molecule has 1 atom stereocenters. The minimum atomic E-state index is 0.370. The van der Waals surface area contributed by atoms with Gasteiger partial charge in [0.05, 0.1) is 6.54 Å². The maximum atomic E-state index is 4.69. The lowest BCUT2D eigenvalue weighted by Crippen LogP contribution is -2.33. The van der Waals surface area contributed by atoms with Gasteiger partial charge in [0.15, 0.2) is 5.82 Å². The molecule has 0 amide bonds. The summed E-state index contributed by atoms with van der Waals surface area (Å²) in [4.78, 5) is 13.9. The molecular formula is C17H24N6. The van der Waals surface area contributed by atoms with Crippen LogP contribution < -0.4 is 5.32 Å². The zero-order chi connectivity index (χ0) is 15.8. The third-order valence-electron chi connectivity index (χ3n) is 4.85. The largest absolute Gasteiger partial charge is 0.365 e. The van der Waals surface area contributed by atoms with Gasteiger partial charge in [-0.3, -0.25) is 0 Å². The molecule has 122 valence electrons. The minimum absolute atomic E-state index is 0.370. The van der Waals surface area contributed by atoms with E-state index in [1.54, 1.807) is 0 Å². The molecule has 1 N–H and O–H groups in total. The quantitative estimate of drug-likeness (QED) is 0.941. The molecule has 1 aliphatic carbocycles. The molecule has 0 bridgehead atoms. The van der Waals surface area contributed by atoms with Crippen molar-refractivity contribution in [2.24, 2.45) is 0 Å². The smallest absolute Gasteiger partial charge is 0.150 e. The van der Waals surface area contributed by atoms with E-state index in [0.29, 0.717) is 6.04 Å². The molecule has 0 saturated carbocycles. The van der Waals surface area contributed by atoms with Crippen molar-refractivity contribution in [3.05, 3.63) is 28.7 Å². The summed E-state index contributed by atoms with van der Waals surface area (Å²) in [5, 5.41) is 8.28. The average molecular weight is 312 g/mol. The Bertz CT molecular complexity index is 720. The van der Waals surface area contributed by atoms with Gasteiger partial charge >= 0.3 is 0 Å². The Labute approximate surface area is 136 Å². The summed E-state index contributed by atoms with van der Waals surface area (Å²) < 4.78 is 2.07. The van der Waals surface area contributed by atoms with Crippen molar-refractivity contribution in [3.63, 3.8) is 0 Å². The summed E-state index contributed by atoms with van der Waals surface area (Å²) in [7, 11) is 0. The van der Waals surface area contributed by atoms with Gasteiger partial charge in [0, 0.05) is 30.1 Å². The van der Waals surface area contributed by atoms with Crippen LogP contribution in [0, 0.1) is 6.92 Å². The second-order valence-electron chi connectivity index (χ2n) is 6.61. The van der Waals surface area contributed by atoms with Crippen molar-refractivity contribution in [1.82, 2.24) is 24.7 Å². The summed E-state index contributed by atoms with van der Waals surface area (Å²) in [6.07, 6.45) is 7.64. The zero-order valence-electron chi connectivity index (χ0n) is 14.0. The monoisotopic (exact) mass is 312 g/mol. The van der Waals surface area contributed by atoms with Gasteiger partial charge in [0.1, 0.15) is 17.5 Å². The Morgan fingerprint density at radius 3 is 2.87 bits per heavy atom. The first-order valence-electron chi connectivity index (χ1n) is 8.78. The highest BCUT2D eigenvalue weighted by atomic mass is 15.4. The molecule has 2 aliphatic rings. The van der Waals surface area contributed by atoms with E-state index >= 15 is 0 Å². The highest BCUT2D eigenvalue weighted by Crippen LogP contribution is 2.27. The van der Waals surface area contributed by atoms with Crippen molar-refractivity contribution >= 4 is 5.82 Å². The molecule has 1 aliphatic heterocycles. The number of nitrogens with zero attached hydrogens (tertiary/aromatic N) is 5. The number of hydrogen-bond donors (Lipinski definition) is 1. The summed E-state index contributed by atoms with van der Waals surface area (Å²) in [6, 6.07) is 0.370. The van der Waals surface area contributed by atoms with Crippen LogP contribution in [0.25, 0.3) is 0 Å². The molecule has 0 radical (unpaired) electrons. The minimum Gasteiger partial charge on any atom is -0.365 e. The predicted octanol–water partition coefficient (Wildman–Crippen LogP) is 2.24. The van der Waals surface area contributed by atoms with E-state index in [1.165, 1.54) is 24.1 Å². The number of aryl methyl sites for hydroxylation is 4. The zero-order valence-corrected chi connectivity index (χ0v) is 14.0. The van der Waals surface area contributed by atoms with Crippen LogP contribution in [0.2, 0.25) is 0 Å². The Balaban J connectivity index is 1.56. The standard InChI is InChI=1S/C17H24N6/c1-3-15-21-16-9-8-12(10-23(16)22-15)20-17-13-6-4-5-7-14(13)18-11(2)19-17/h12H,3-10H2,1-2H3,(H,18,19,20). The first-order valence-corrected chi connectivity index (χ1v) is 8.78. The fourth-order valence-corrected chi connectivity index (χ4v) is 3.66. The summed E-state index contributed by atoms with van der Waals surface area (Å²) in [6.45, 7) is 4.97. The molecule has 2 aromatic heterocycles. The molecule has 6 heteroatoms. The Morgan fingerprint density at radius 1 is 1.13 bits per heavy atom. The third-order valence-corrected chi connectivity index (χ3v) is 4.85. The van der Waals surface area contributed by atoms with Crippen molar-refractivity contribution in [3.8, 4) is 0 Å². The molecule has 1 unspecified atom stereocenters. The molecule has 0 spiro atoms. The summed E-state index contributed by atoms with van der Waals surface area (Å²) >= 11 is 0. The van der Waals surface area contributed by atoms with Gasteiger partial charge in [-0.2, -0.15) is 5.10 Å². The van der Waals surface area contributed by atoms with E-state index in [0.717, 1.165) is 61.9 Å². The van der Waals surface area contributed by atoms with Crippen molar-refractivity contribution in [1.29, 1.82) is 0 Å². The highest BCUT2D eigenvalue weighted by Gasteiger charge is 2.24. The van der Waals surface area contributed by atoms with Gasteiger partial charge < -0.3 is 5.32 Å². The van der Waals surface area contributed by atoms with Crippen molar-refractivity contribution in [2.75, 3.05) is 5.32 Å². The number of aromatic nitrogens is 5. The van der Waals surface area contributed by atoms with Crippen molar-refractivity contribution in [2.45, 2.75) is 71.4 Å². The maximum Gasteiger partial charge on any atom is 0.150 e. The van der Waals surface area contributed by atoms with Crippen LogP contribution in [-0.2, 0) is 32.2 Å². The highest BCUT2D eigenvalue weighted by molar-refractivity contribution is 5.48. The van der Waals surface area contributed by atoms with Crippen LogP contribution in [0.5, 0.6) is 0 Å². The molecule has 3 heterocycles. The number of fused-ring (bicyclic) bond motifs is 2. The topological polar surface area (TPSA) is 68.5 Å². The molecule has 6 nitrogen and oxygen atoms in total. The second-order valence-corrected chi connectivity index (χ2v) is 6.61. The van der Waals surface area contributed by atoms with Crippen LogP contribution in [0.3, 0.4) is 0 Å². The lowest BCUT2D eigenvalue weighted by molar-refractivity contribution is 0.439. The molecule has 0 fully saturated rings. The van der Waals surface area contributed by atoms with Gasteiger partial charge in [-0.15, -0.1) is 0 Å². The lowest BCUT2D eigenvalue weighted by atomic mass is 9.96. The predicted molar refractivity (Wildman–Crippen MR) is 88.5 cm³/mol. The van der Waals surface area contributed by atoms with Gasteiger partial charge in [0.2, 0.25) is 0 Å². The van der Waals surface area contributed by atoms with E-state index in [9.17, 15) is 0 Å². The van der Waals surface area contributed by atoms with E-state index < -0.39 is 0 Å². The Morgan fingerprint density at radius 2 is 2.00 bits per heavy atom. The van der Waals surface area contributed by atoms with Gasteiger partial charge in [-0.25, -0.2) is 19.6 Å². The number of rotatable bonds is 3. The van der Waals surface area contributed by atoms with Crippen LogP contribution in [0.15, 0.2) is 0 Å². The van der Waals surface area contributed by atoms with E-state index in [-0.39, 0.29) is 0 Å². The fraction of sp³-hybridized carbons (Fsp3) is 0.647. The average Bonchev–Trinajstić information content (AvgIpc) is 2.97. The van der Waals surface area contributed by atoms with Gasteiger partial charge in [0.25, 0.3) is 0 Å². The summed E-state index contributed by atoms with van der Waals surface area (Å²) in [5.41, 5.74) is 2.58. The molecular weight excluding hydrogens is 288 g/mol. The number of anilines is 1. The molecule has 2 aromatic rings. The number of hydrogen-bond acceptors (Lipinski definition) is 5. The van der Waals surface area contributed by atoms with E-state index in [4.69, 9.17) is 4.98 Å². The van der Waals surface area contributed by atoms with E-state index in [1.807, 2.05) is 6.92 Å². The molecule has 23 heavy (non-hydrogen) atoms. The van der Waals surface area contributed by atoms with E-state index in [2.05, 4.69) is 32.0 Å². The van der Waals surface area contributed by atoms with Crippen LogP contribution >= 0.6 is 0 Å². The first-order chi connectivity index (χ1) is 11.2. The number of nitrogens with one attached hydrogen (secondary N) is 1. The normalized spacial score (nSPS) is 20.0. The van der Waals surface area contributed by atoms with Crippen molar-refractivity contribution < 1.29 is 0 Å². The molecule has 4 rings (SSSR count). The van der Waals surface area contributed by atoms with Crippen LogP contribution in [-0.4, -0.2) is 30.8 Å². The second kappa shape index (κ2) is 5.91. The fourth-order valence-electron chi connectivity index (χ4n) is 3.66. The van der Waals surface area contributed by atoms with Gasteiger partial charge in [-0.1, -0.05) is 6.92 Å². The molecule has 0 aromatic carbocycles. The first kappa shape index (κ1) is 14.6. The van der Waals surface area contributed by atoms with Crippen LogP contribution in [0.1, 0.15) is 54.9 Å². The third kappa shape index (κ3) is 2.82. The van der Waals surface area contributed by atoms with Crippen LogP contribution in [0.4, 0.5) is 5.82 Å².